The molecule has 1 atom stereocenters. The van der Waals surface area contributed by atoms with Gasteiger partial charge in [-0.3, -0.25) is 5.10 Å². The standard InChI is InChI=1S/C19H18N6O3/c20-14(11-26)9-18-23-19(25-28-18)12-2-1-3-15(8-12)27-17-5-4-13(10-21-17)16-6-7-22-24-16/h1-8,10,14,26H,9,11,20H2,(H,22,24). The maximum Gasteiger partial charge on any atom is 0.228 e. The highest BCUT2D eigenvalue weighted by Gasteiger charge is 2.13. The van der Waals surface area contributed by atoms with Crippen LogP contribution in [0.1, 0.15) is 5.89 Å². The number of hydrogen-bond acceptors (Lipinski definition) is 8. The van der Waals surface area contributed by atoms with Crippen molar-refractivity contribution in [2.45, 2.75) is 12.5 Å². The maximum absolute atomic E-state index is 9.03. The summed E-state index contributed by atoms with van der Waals surface area (Å²) in [5, 5.41) is 19.8. The van der Waals surface area contributed by atoms with Crippen molar-refractivity contribution in [2.24, 2.45) is 5.73 Å². The minimum Gasteiger partial charge on any atom is -0.439 e. The molecule has 9 nitrogen and oxygen atoms in total. The highest BCUT2D eigenvalue weighted by Crippen LogP contribution is 2.26. The summed E-state index contributed by atoms with van der Waals surface area (Å²) in [6.07, 6.45) is 3.71. The lowest BCUT2D eigenvalue weighted by molar-refractivity contribution is 0.254. The lowest BCUT2D eigenvalue weighted by Gasteiger charge is -2.06. The van der Waals surface area contributed by atoms with E-state index < -0.39 is 6.04 Å². The molecule has 0 saturated carbocycles. The molecule has 4 N–H and O–H groups in total. The van der Waals surface area contributed by atoms with Crippen molar-refractivity contribution in [1.29, 1.82) is 0 Å². The topological polar surface area (TPSA) is 136 Å². The van der Waals surface area contributed by atoms with E-state index >= 15 is 0 Å². The third-order valence-corrected chi connectivity index (χ3v) is 4.00. The number of aromatic nitrogens is 5. The smallest absolute Gasteiger partial charge is 0.228 e. The molecule has 3 aromatic heterocycles. The van der Waals surface area contributed by atoms with E-state index in [-0.39, 0.29) is 6.61 Å². The van der Waals surface area contributed by atoms with Crippen LogP contribution in [0.25, 0.3) is 22.6 Å². The number of aromatic amines is 1. The predicted molar refractivity (Wildman–Crippen MR) is 100 cm³/mol. The van der Waals surface area contributed by atoms with Gasteiger partial charge < -0.3 is 20.1 Å². The number of H-pyrrole nitrogens is 1. The average Bonchev–Trinajstić information content (AvgIpc) is 3.41. The molecule has 0 saturated heterocycles. The summed E-state index contributed by atoms with van der Waals surface area (Å²) in [4.78, 5) is 8.63. The average molecular weight is 378 g/mol. The van der Waals surface area contributed by atoms with Crippen LogP contribution in [0.15, 0.2) is 59.4 Å². The van der Waals surface area contributed by atoms with E-state index in [9.17, 15) is 0 Å². The fourth-order valence-corrected chi connectivity index (χ4v) is 2.58. The zero-order valence-electron chi connectivity index (χ0n) is 14.8. The third kappa shape index (κ3) is 4.05. The molecule has 9 heteroatoms. The molecule has 28 heavy (non-hydrogen) atoms. The minimum atomic E-state index is -0.432. The predicted octanol–water partition coefficient (Wildman–Crippen LogP) is 2.18. The molecule has 0 spiro atoms. The SMILES string of the molecule is NC(CO)Cc1nc(-c2cccc(Oc3ccc(-c4ccn[nH]4)cn3)c2)no1. The molecule has 0 aliphatic rings. The van der Waals surface area contributed by atoms with Gasteiger partial charge >= 0.3 is 0 Å². The van der Waals surface area contributed by atoms with Gasteiger partial charge in [-0.2, -0.15) is 10.1 Å². The Balaban J connectivity index is 1.48. The van der Waals surface area contributed by atoms with E-state index in [2.05, 4.69) is 25.3 Å². The number of aliphatic hydroxyl groups excluding tert-OH is 1. The van der Waals surface area contributed by atoms with Gasteiger partial charge in [-0.05, 0) is 24.3 Å². The van der Waals surface area contributed by atoms with Crippen molar-refractivity contribution in [3.63, 3.8) is 0 Å². The van der Waals surface area contributed by atoms with Gasteiger partial charge in [0.25, 0.3) is 0 Å². The van der Waals surface area contributed by atoms with Crippen molar-refractivity contribution in [1.82, 2.24) is 25.3 Å². The second-order valence-corrected chi connectivity index (χ2v) is 6.14. The van der Waals surface area contributed by atoms with Crippen LogP contribution in [0.5, 0.6) is 11.6 Å². The van der Waals surface area contributed by atoms with Gasteiger partial charge in [-0.1, -0.05) is 17.3 Å². The molecule has 0 radical (unpaired) electrons. The van der Waals surface area contributed by atoms with E-state index in [0.29, 0.717) is 29.8 Å². The van der Waals surface area contributed by atoms with E-state index in [1.807, 2.05) is 30.3 Å². The molecular formula is C19H18N6O3. The lowest BCUT2D eigenvalue weighted by atomic mass is 10.2. The Bertz CT molecular complexity index is 1030. The molecule has 142 valence electrons. The number of nitrogens with zero attached hydrogens (tertiary/aromatic N) is 4. The number of benzene rings is 1. The maximum atomic E-state index is 9.03. The number of rotatable bonds is 7. The Morgan fingerprint density at radius 1 is 1.18 bits per heavy atom. The first-order valence-electron chi connectivity index (χ1n) is 8.64. The Labute approximate surface area is 160 Å². The fourth-order valence-electron chi connectivity index (χ4n) is 2.58. The summed E-state index contributed by atoms with van der Waals surface area (Å²) in [5.74, 6) is 1.85. The lowest BCUT2D eigenvalue weighted by Crippen LogP contribution is -2.26. The van der Waals surface area contributed by atoms with Gasteiger partial charge in [-0.15, -0.1) is 0 Å². The van der Waals surface area contributed by atoms with Crippen LogP contribution in [-0.4, -0.2) is 43.1 Å². The number of aliphatic hydroxyl groups is 1. The van der Waals surface area contributed by atoms with E-state index in [1.54, 1.807) is 24.5 Å². The molecule has 1 aromatic carbocycles. The first-order chi connectivity index (χ1) is 13.7. The van der Waals surface area contributed by atoms with Crippen LogP contribution < -0.4 is 10.5 Å². The summed E-state index contributed by atoms with van der Waals surface area (Å²) in [7, 11) is 0. The van der Waals surface area contributed by atoms with E-state index in [0.717, 1.165) is 16.8 Å². The summed E-state index contributed by atoms with van der Waals surface area (Å²) < 4.78 is 11.0. The zero-order valence-corrected chi connectivity index (χ0v) is 14.8. The van der Waals surface area contributed by atoms with Crippen molar-refractivity contribution < 1.29 is 14.4 Å². The van der Waals surface area contributed by atoms with Gasteiger partial charge in [0.1, 0.15) is 5.75 Å². The van der Waals surface area contributed by atoms with Crippen molar-refractivity contribution >= 4 is 0 Å². The molecule has 0 bridgehead atoms. The van der Waals surface area contributed by atoms with Gasteiger partial charge in [0.2, 0.25) is 17.6 Å². The summed E-state index contributed by atoms with van der Waals surface area (Å²) in [6, 6.07) is 12.4. The number of pyridine rings is 1. The van der Waals surface area contributed by atoms with Crippen molar-refractivity contribution in [3.8, 4) is 34.3 Å². The van der Waals surface area contributed by atoms with Crippen LogP contribution in [-0.2, 0) is 6.42 Å². The minimum absolute atomic E-state index is 0.146. The Kier molecular flexibility index (Phi) is 5.09. The first kappa shape index (κ1) is 17.8. The van der Waals surface area contributed by atoms with Crippen LogP contribution in [0.4, 0.5) is 0 Å². The summed E-state index contributed by atoms with van der Waals surface area (Å²) in [5.41, 5.74) is 8.23. The molecule has 4 aromatic rings. The van der Waals surface area contributed by atoms with Gasteiger partial charge in [0.15, 0.2) is 0 Å². The highest BCUT2D eigenvalue weighted by atomic mass is 16.5. The second-order valence-electron chi connectivity index (χ2n) is 6.14. The monoisotopic (exact) mass is 378 g/mol. The molecule has 0 amide bonds. The van der Waals surface area contributed by atoms with Gasteiger partial charge in [0, 0.05) is 42.0 Å². The number of nitrogens with one attached hydrogen (secondary N) is 1. The number of ether oxygens (including phenoxy) is 1. The normalized spacial score (nSPS) is 12.1. The van der Waals surface area contributed by atoms with Crippen LogP contribution in [0.3, 0.4) is 0 Å². The van der Waals surface area contributed by atoms with Gasteiger partial charge in [0.05, 0.1) is 12.3 Å². The molecule has 0 fully saturated rings. The summed E-state index contributed by atoms with van der Waals surface area (Å²) >= 11 is 0. The van der Waals surface area contributed by atoms with E-state index in [4.69, 9.17) is 20.1 Å². The molecule has 0 aliphatic heterocycles. The third-order valence-electron chi connectivity index (χ3n) is 4.00. The molecule has 1 unspecified atom stereocenters. The first-order valence-corrected chi connectivity index (χ1v) is 8.64. The Morgan fingerprint density at radius 3 is 2.86 bits per heavy atom. The molecule has 4 rings (SSSR count). The van der Waals surface area contributed by atoms with Crippen LogP contribution in [0.2, 0.25) is 0 Å². The Hall–Kier alpha value is -3.56. The quantitative estimate of drug-likeness (QED) is 0.445. The zero-order chi connectivity index (χ0) is 19.3. The number of hydrogen-bond donors (Lipinski definition) is 3. The summed E-state index contributed by atoms with van der Waals surface area (Å²) in [6.45, 7) is -0.146. The van der Waals surface area contributed by atoms with Crippen molar-refractivity contribution in [3.05, 3.63) is 60.7 Å². The second kappa shape index (κ2) is 7.99. The van der Waals surface area contributed by atoms with Crippen LogP contribution in [0, 0.1) is 0 Å². The highest BCUT2D eigenvalue weighted by molar-refractivity contribution is 5.58. The van der Waals surface area contributed by atoms with E-state index in [1.165, 1.54) is 0 Å². The fraction of sp³-hybridized carbons (Fsp3) is 0.158. The van der Waals surface area contributed by atoms with Crippen LogP contribution >= 0.6 is 0 Å². The van der Waals surface area contributed by atoms with Crippen molar-refractivity contribution in [2.75, 3.05) is 6.61 Å². The molecular weight excluding hydrogens is 360 g/mol. The van der Waals surface area contributed by atoms with Gasteiger partial charge in [-0.25, -0.2) is 4.98 Å². The largest absolute Gasteiger partial charge is 0.439 e. The molecule has 0 aliphatic carbocycles. The number of nitrogens with two attached hydrogens (primary N) is 1. The molecule has 3 heterocycles. The Morgan fingerprint density at radius 2 is 2.11 bits per heavy atom.